The van der Waals surface area contributed by atoms with Crippen LogP contribution in [0.5, 0.6) is 0 Å². The minimum absolute atomic E-state index is 0.00253. The quantitative estimate of drug-likeness (QED) is 0.0766. The summed E-state index contributed by atoms with van der Waals surface area (Å²) in [6.07, 6.45) is 22.5. The number of unbranched alkanes of at least 4 members (excludes halogenated alkanes) is 15. The minimum Gasteiger partial charge on any atom is -0.373 e. The summed E-state index contributed by atoms with van der Waals surface area (Å²) in [5.74, 6) is 0.00253. The fourth-order valence-electron chi connectivity index (χ4n) is 5.09. The third-order valence-corrected chi connectivity index (χ3v) is 11.7. The first-order valence-electron chi connectivity index (χ1n) is 16.7. The van der Waals surface area contributed by atoms with Crippen LogP contribution in [0.25, 0.3) is 10.2 Å². The summed E-state index contributed by atoms with van der Waals surface area (Å²) in [5, 5.41) is 1.06. The molecule has 0 aliphatic heterocycles. The lowest BCUT2D eigenvalue weighted by Gasteiger charge is -2.31. The van der Waals surface area contributed by atoms with E-state index in [9.17, 15) is 0 Å². The monoisotopic (exact) mass is 590 g/mol. The predicted octanol–water partition coefficient (Wildman–Crippen LogP) is 11.3. The molecule has 0 saturated heterocycles. The summed E-state index contributed by atoms with van der Waals surface area (Å²) < 4.78 is 21.4. The summed E-state index contributed by atoms with van der Waals surface area (Å²) in [6.45, 7) is 13.5. The highest BCUT2D eigenvalue weighted by atomic mass is 32.1. The van der Waals surface area contributed by atoms with Gasteiger partial charge in [0.15, 0.2) is 0 Å². The van der Waals surface area contributed by atoms with E-state index in [1.165, 1.54) is 101 Å². The molecule has 0 saturated carbocycles. The lowest BCUT2D eigenvalue weighted by atomic mass is 10.1. The SMILES string of the molecule is [CH2]C(C[Si](OCCCCCCCC)(OCCCCCCCC)OCCCCCCCC)c1nc2ccccc2s1. The van der Waals surface area contributed by atoms with Gasteiger partial charge in [-0.05, 0) is 38.3 Å². The topological polar surface area (TPSA) is 40.6 Å². The molecule has 0 bridgehead atoms. The number of para-hydroxylation sites is 1. The van der Waals surface area contributed by atoms with Gasteiger partial charge >= 0.3 is 8.80 Å². The summed E-state index contributed by atoms with van der Waals surface area (Å²) in [6, 6.07) is 9.07. The van der Waals surface area contributed by atoms with Crippen molar-refractivity contribution in [1.82, 2.24) is 4.98 Å². The van der Waals surface area contributed by atoms with E-state index in [4.69, 9.17) is 18.3 Å². The highest BCUT2D eigenvalue weighted by molar-refractivity contribution is 7.18. The summed E-state index contributed by atoms with van der Waals surface area (Å²) in [4.78, 5) is 4.92. The van der Waals surface area contributed by atoms with Crippen LogP contribution in [-0.2, 0) is 13.3 Å². The standard InChI is InChI=1S/C34H60NO3SSi/c1-5-8-11-14-17-22-27-36-40(37-28-23-18-15-12-9-6-2,38-29-24-19-16-13-10-7-3)30-31(4)34-35-32-25-20-21-26-33(32)39-34/h20-21,25-26,31H,4-19,22-24,27-30H2,1-3H3. The first-order chi connectivity index (χ1) is 19.6. The molecule has 0 aliphatic rings. The highest BCUT2D eigenvalue weighted by Gasteiger charge is 2.43. The average Bonchev–Trinajstić information content (AvgIpc) is 3.40. The van der Waals surface area contributed by atoms with Crippen LogP contribution < -0.4 is 0 Å². The number of thiazole rings is 1. The third kappa shape index (κ3) is 14.9. The van der Waals surface area contributed by atoms with Gasteiger partial charge in [0, 0.05) is 31.8 Å². The number of aromatic nitrogens is 1. The number of nitrogens with zero attached hydrogens (tertiary/aromatic N) is 1. The molecule has 0 fully saturated rings. The largest absolute Gasteiger partial charge is 0.501 e. The third-order valence-electron chi connectivity index (χ3n) is 7.62. The molecule has 0 aliphatic carbocycles. The summed E-state index contributed by atoms with van der Waals surface area (Å²) in [5.41, 5.74) is 1.05. The number of fused-ring (bicyclic) bond motifs is 1. The Balaban J connectivity index is 2.05. The van der Waals surface area contributed by atoms with E-state index in [1.54, 1.807) is 11.3 Å². The van der Waals surface area contributed by atoms with Crippen molar-refractivity contribution in [2.75, 3.05) is 19.8 Å². The average molecular weight is 591 g/mol. The van der Waals surface area contributed by atoms with Crippen LogP contribution in [0.2, 0.25) is 6.04 Å². The maximum absolute atomic E-state index is 6.72. The van der Waals surface area contributed by atoms with Crippen molar-refractivity contribution in [3.63, 3.8) is 0 Å². The molecule has 1 aromatic carbocycles. The number of rotatable bonds is 27. The Hall–Kier alpha value is -0.793. The first-order valence-corrected chi connectivity index (χ1v) is 19.5. The fourth-order valence-corrected chi connectivity index (χ4v) is 8.98. The van der Waals surface area contributed by atoms with Crippen molar-refractivity contribution in [3.8, 4) is 0 Å². The Kier molecular flexibility index (Phi) is 20.1. The molecule has 1 radical (unpaired) electrons. The number of hydrogen-bond donors (Lipinski definition) is 0. The molecule has 0 amide bonds. The van der Waals surface area contributed by atoms with E-state index < -0.39 is 8.80 Å². The van der Waals surface area contributed by atoms with E-state index in [2.05, 4.69) is 52.0 Å². The van der Waals surface area contributed by atoms with E-state index in [1.807, 2.05) is 0 Å². The second-order valence-electron chi connectivity index (χ2n) is 11.5. The molecule has 1 aromatic heterocycles. The molecule has 1 heterocycles. The van der Waals surface area contributed by atoms with Gasteiger partial charge in [0.05, 0.1) is 15.2 Å². The zero-order chi connectivity index (χ0) is 28.7. The molecule has 2 aromatic rings. The lowest BCUT2D eigenvalue weighted by molar-refractivity contribution is 0.0543. The van der Waals surface area contributed by atoms with Crippen LogP contribution in [-0.4, -0.2) is 33.6 Å². The molecule has 1 unspecified atom stereocenters. The number of hydrogen-bond acceptors (Lipinski definition) is 5. The summed E-state index contributed by atoms with van der Waals surface area (Å²) >= 11 is 1.75. The van der Waals surface area contributed by atoms with Crippen molar-refractivity contribution in [2.24, 2.45) is 0 Å². The van der Waals surface area contributed by atoms with E-state index in [-0.39, 0.29) is 5.92 Å². The zero-order valence-corrected chi connectivity index (χ0v) is 28.0. The zero-order valence-electron chi connectivity index (χ0n) is 26.2. The van der Waals surface area contributed by atoms with Gasteiger partial charge in [0.1, 0.15) is 0 Å². The maximum Gasteiger partial charge on any atom is 0.501 e. The Morgan fingerprint density at radius 2 is 1.07 bits per heavy atom. The number of benzene rings is 1. The maximum atomic E-state index is 6.72. The fraction of sp³-hybridized carbons (Fsp3) is 0.765. The minimum atomic E-state index is -2.91. The van der Waals surface area contributed by atoms with E-state index in [0.29, 0.717) is 6.04 Å². The Bertz CT molecular complexity index is 782. The van der Waals surface area contributed by atoms with Gasteiger partial charge in [0.25, 0.3) is 0 Å². The van der Waals surface area contributed by atoms with Crippen LogP contribution in [0.15, 0.2) is 24.3 Å². The smallest absolute Gasteiger partial charge is 0.373 e. The van der Waals surface area contributed by atoms with Crippen LogP contribution in [0.4, 0.5) is 0 Å². The van der Waals surface area contributed by atoms with E-state index >= 15 is 0 Å². The second kappa shape index (κ2) is 22.8. The van der Waals surface area contributed by atoms with Crippen LogP contribution in [0, 0.1) is 6.92 Å². The molecule has 4 nitrogen and oxygen atoms in total. The van der Waals surface area contributed by atoms with Gasteiger partial charge in [0.2, 0.25) is 0 Å². The lowest BCUT2D eigenvalue weighted by Crippen LogP contribution is -2.47. The Labute approximate surface area is 252 Å². The van der Waals surface area contributed by atoms with Crippen molar-refractivity contribution < 1.29 is 13.3 Å². The molecule has 1 atom stereocenters. The van der Waals surface area contributed by atoms with Crippen molar-refractivity contribution in [3.05, 3.63) is 36.2 Å². The normalized spacial score (nSPS) is 12.9. The Morgan fingerprint density at radius 3 is 1.52 bits per heavy atom. The molecular formula is C34H60NO3SSi. The van der Waals surface area contributed by atoms with Gasteiger partial charge in [-0.25, -0.2) is 4.98 Å². The van der Waals surface area contributed by atoms with Crippen molar-refractivity contribution >= 4 is 30.4 Å². The molecule has 40 heavy (non-hydrogen) atoms. The first kappa shape index (κ1) is 35.4. The van der Waals surface area contributed by atoms with Crippen LogP contribution in [0.3, 0.4) is 0 Å². The molecule has 229 valence electrons. The predicted molar refractivity (Wildman–Crippen MR) is 176 cm³/mol. The van der Waals surface area contributed by atoms with Gasteiger partial charge in [-0.2, -0.15) is 0 Å². The van der Waals surface area contributed by atoms with Gasteiger partial charge in [-0.1, -0.05) is 129 Å². The van der Waals surface area contributed by atoms with Crippen LogP contribution in [0.1, 0.15) is 147 Å². The van der Waals surface area contributed by atoms with E-state index in [0.717, 1.165) is 49.6 Å². The summed E-state index contributed by atoms with van der Waals surface area (Å²) in [7, 11) is -2.91. The highest BCUT2D eigenvalue weighted by Crippen LogP contribution is 2.34. The van der Waals surface area contributed by atoms with Gasteiger partial charge in [-0.15, -0.1) is 11.3 Å². The van der Waals surface area contributed by atoms with Crippen LogP contribution >= 0.6 is 11.3 Å². The second-order valence-corrected chi connectivity index (χ2v) is 15.2. The van der Waals surface area contributed by atoms with Gasteiger partial charge in [-0.3, -0.25) is 0 Å². The van der Waals surface area contributed by atoms with Gasteiger partial charge < -0.3 is 13.3 Å². The molecule has 0 spiro atoms. The molecule has 6 heteroatoms. The van der Waals surface area contributed by atoms with Crippen molar-refractivity contribution in [1.29, 1.82) is 0 Å². The molecule has 2 rings (SSSR count). The van der Waals surface area contributed by atoms with Crippen molar-refractivity contribution in [2.45, 2.75) is 148 Å². The molecule has 0 N–H and O–H groups in total. The molecular weight excluding hydrogens is 531 g/mol. The Morgan fingerprint density at radius 1 is 0.650 bits per heavy atom.